The first kappa shape index (κ1) is 17.6. The number of carboxylic acids is 1. The highest BCUT2D eigenvalue weighted by Gasteiger charge is 2.22. The highest BCUT2D eigenvalue weighted by Crippen LogP contribution is 2.16. The molecule has 26 heavy (non-hydrogen) atoms. The maximum atomic E-state index is 12.3. The number of nitrogens with one attached hydrogen (secondary N) is 1. The predicted octanol–water partition coefficient (Wildman–Crippen LogP) is 2.65. The molecule has 1 atom stereocenters. The molecule has 1 amide bonds. The Balaban J connectivity index is 1.78. The van der Waals surface area contributed by atoms with Gasteiger partial charge in [-0.2, -0.15) is 0 Å². The van der Waals surface area contributed by atoms with Crippen LogP contribution in [0.25, 0.3) is 16.9 Å². The van der Waals surface area contributed by atoms with Gasteiger partial charge in [0.25, 0.3) is 5.91 Å². The molecule has 0 aliphatic rings. The maximum Gasteiger partial charge on any atom is 0.326 e. The van der Waals surface area contributed by atoms with Gasteiger partial charge in [0.15, 0.2) is 0 Å². The van der Waals surface area contributed by atoms with Crippen LogP contribution < -0.4 is 5.32 Å². The number of para-hydroxylation sites is 2. The number of aromatic nitrogens is 3. The second-order valence-corrected chi connectivity index (χ2v) is 6.50. The van der Waals surface area contributed by atoms with E-state index in [-0.39, 0.29) is 5.92 Å². The molecule has 134 valence electrons. The highest BCUT2D eigenvalue weighted by atomic mass is 16.4. The average Bonchev–Trinajstić information content (AvgIpc) is 3.05. The molecule has 0 unspecified atom stereocenters. The first-order chi connectivity index (χ1) is 12.5. The molecular formula is C19H20N4O3. The molecule has 1 aromatic carbocycles. The fraction of sp³-hybridized carbons (Fsp3) is 0.263. The van der Waals surface area contributed by atoms with Crippen LogP contribution in [0.4, 0.5) is 0 Å². The van der Waals surface area contributed by atoms with Crippen molar-refractivity contribution in [1.82, 2.24) is 19.9 Å². The number of carbonyl (C=O) groups excluding carboxylic acids is 1. The number of imidazole rings is 1. The molecule has 2 heterocycles. The molecule has 0 bridgehead atoms. The minimum Gasteiger partial charge on any atom is -0.480 e. The molecule has 0 spiro atoms. The zero-order valence-electron chi connectivity index (χ0n) is 14.6. The quantitative estimate of drug-likeness (QED) is 0.711. The topological polar surface area (TPSA) is 97.1 Å². The third-order valence-corrected chi connectivity index (χ3v) is 4.02. The Morgan fingerprint density at radius 3 is 2.58 bits per heavy atom. The fourth-order valence-corrected chi connectivity index (χ4v) is 2.74. The van der Waals surface area contributed by atoms with Crippen molar-refractivity contribution >= 4 is 22.9 Å². The minimum absolute atomic E-state index is 0.159. The van der Waals surface area contributed by atoms with Gasteiger partial charge in [-0.1, -0.05) is 26.0 Å². The summed E-state index contributed by atoms with van der Waals surface area (Å²) in [6, 6.07) is 10.1. The molecule has 0 aliphatic heterocycles. The van der Waals surface area contributed by atoms with Crippen LogP contribution in [0.15, 0.2) is 48.9 Å². The summed E-state index contributed by atoms with van der Waals surface area (Å²) in [5, 5.41) is 11.8. The van der Waals surface area contributed by atoms with E-state index in [4.69, 9.17) is 0 Å². The summed E-state index contributed by atoms with van der Waals surface area (Å²) in [5.41, 5.74) is 2.09. The van der Waals surface area contributed by atoms with E-state index in [0.717, 1.165) is 11.0 Å². The largest absolute Gasteiger partial charge is 0.480 e. The summed E-state index contributed by atoms with van der Waals surface area (Å²) >= 11 is 0. The van der Waals surface area contributed by atoms with Crippen LogP contribution in [-0.4, -0.2) is 37.6 Å². The Kier molecular flexibility index (Phi) is 4.97. The number of carbonyl (C=O) groups is 2. The van der Waals surface area contributed by atoms with E-state index in [1.54, 1.807) is 18.5 Å². The minimum atomic E-state index is -1.04. The lowest BCUT2D eigenvalue weighted by molar-refractivity contribution is -0.139. The molecule has 0 fully saturated rings. The van der Waals surface area contributed by atoms with Gasteiger partial charge in [0.1, 0.15) is 18.2 Å². The highest BCUT2D eigenvalue weighted by molar-refractivity contribution is 5.96. The van der Waals surface area contributed by atoms with E-state index in [0.29, 0.717) is 17.8 Å². The van der Waals surface area contributed by atoms with Gasteiger partial charge in [0, 0.05) is 6.20 Å². The smallest absolute Gasteiger partial charge is 0.326 e. The van der Waals surface area contributed by atoms with Crippen LogP contribution in [0.2, 0.25) is 0 Å². The van der Waals surface area contributed by atoms with E-state index in [1.807, 2.05) is 42.7 Å². The SMILES string of the molecule is CC(C)C[C@H](NC(=O)c1ccc(-n2cnc3ccccc32)nc1)C(=O)O. The fourth-order valence-electron chi connectivity index (χ4n) is 2.74. The van der Waals surface area contributed by atoms with Gasteiger partial charge in [-0.3, -0.25) is 9.36 Å². The van der Waals surface area contributed by atoms with E-state index >= 15 is 0 Å². The Labute approximate surface area is 150 Å². The maximum absolute atomic E-state index is 12.3. The van der Waals surface area contributed by atoms with Gasteiger partial charge >= 0.3 is 5.97 Å². The molecule has 0 aliphatic carbocycles. The van der Waals surface area contributed by atoms with Gasteiger partial charge in [-0.05, 0) is 36.6 Å². The van der Waals surface area contributed by atoms with Crippen molar-refractivity contribution < 1.29 is 14.7 Å². The second-order valence-electron chi connectivity index (χ2n) is 6.50. The molecule has 7 nitrogen and oxygen atoms in total. The van der Waals surface area contributed by atoms with Crippen LogP contribution in [0, 0.1) is 5.92 Å². The Bertz CT molecular complexity index is 931. The second kappa shape index (κ2) is 7.35. The van der Waals surface area contributed by atoms with E-state index < -0.39 is 17.9 Å². The normalized spacial score (nSPS) is 12.3. The van der Waals surface area contributed by atoms with Crippen molar-refractivity contribution in [3.8, 4) is 5.82 Å². The average molecular weight is 352 g/mol. The van der Waals surface area contributed by atoms with Gasteiger partial charge in [0.05, 0.1) is 16.6 Å². The lowest BCUT2D eigenvalue weighted by Gasteiger charge is -2.16. The molecule has 2 aromatic heterocycles. The third-order valence-electron chi connectivity index (χ3n) is 4.02. The molecular weight excluding hydrogens is 332 g/mol. The lowest BCUT2D eigenvalue weighted by atomic mass is 10.0. The van der Waals surface area contributed by atoms with Gasteiger partial charge in [-0.15, -0.1) is 0 Å². The number of pyridine rings is 1. The summed E-state index contributed by atoms with van der Waals surface area (Å²) < 4.78 is 1.83. The van der Waals surface area contributed by atoms with Crippen molar-refractivity contribution in [2.45, 2.75) is 26.3 Å². The Morgan fingerprint density at radius 1 is 1.15 bits per heavy atom. The van der Waals surface area contributed by atoms with Crippen LogP contribution in [-0.2, 0) is 4.79 Å². The number of carboxylic acid groups (broad SMARTS) is 1. The Hall–Kier alpha value is -3.22. The third kappa shape index (κ3) is 3.72. The Morgan fingerprint density at radius 2 is 1.92 bits per heavy atom. The van der Waals surface area contributed by atoms with Crippen LogP contribution in [0.5, 0.6) is 0 Å². The van der Waals surface area contributed by atoms with Crippen molar-refractivity contribution in [2.75, 3.05) is 0 Å². The van der Waals surface area contributed by atoms with Crippen molar-refractivity contribution in [2.24, 2.45) is 5.92 Å². The molecule has 7 heteroatoms. The molecule has 0 saturated heterocycles. The van der Waals surface area contributed by atoms with Gasteiger partial charge < -0.3 is 10.4 Å². The molecule has 3 rings (SSSR count). The van der Waals surface area contributed by atoms with Gasteiger partial charge in [-0.25, -0.2) is 14.8 Å². The number of hydrogen-bond acceptors (Lipinski definition) is 4. The molecule has 2 N–H and O–H groups in total. The molecule has 3 aromatic rings. The van der Waals surface area contributed by atoms with Crippen molar-refractivity contribution in [3.05, 3.63) is 54.5 Å². The van der Waals surface area contributed by atoms with Crippen LogP contribution in [0.1, 0.15) is 30.6 Å². The van der Waals surface area contributed by atoms with E-state index in [2.05, 4.69) is 15.3 Å². The summed E-state index contributed by atoms with van der Waals surface area (Å²) in [5.74, 6) is -0.701. The standard InChI is InChI=1S/C19H20N4O3/c1-12(2)9-15(19(25)26)22-18(24)13-7-8-17(20-10-13)23-11-21-14-5-3-4-6-16(14)23/h3-8,10-12,15H,9H2,1-2H3,(H,22,24)(H,25,26)/t15-/m0/s1. The number of hydrogen-bond donors (Lipinski definition) is 2. The number of aliphatic carboxylic acids is 1. The number of nitrogens with zero attached hydrogens (tertiary/aromatic N) is 3. The number of rotatable bonds is 6. The summed E-state index contributed by atoms with van der Waals surface area (Å²) in [7, 11) is 0. The van der Waals surface area contributed by atoms with E-state index in [9.17, 15) is 14.7 Å². The van der Waals surface area contributed by atoms with E-state index in [1.165, 1.54) is 6.20 Å². The zero-order chi connectivity index (χ0) is 18.7. The number of amides is 1. The number of fused-ring (bicyclic) bond motifs is 1. The monoisotopic (exact) mass is 352 g/mol. The molecule has 0 radical (unpaired) electrons. The van der Waals surface area contributed by atoms with Crippen molar-refractivity contribution in [3.63, 3.8) is 0 Å². The first-order valence-electron chi connectivity index (χ1n) is 8.38. The predicted molar refractivity (Wildman–Crippen MR) is 97.2 cm³/mol. The number of benzene rings is 1. The molecule has 0 saturated carbocycles. The summed E-state index contributed by atoms with van der Waals surface area (Å²) in [6.07, 6.45) is 3.48. The van der Waals surface area contributed by atoms with Crippen molar-refractivity contribution in [1.29, 1.82) is 0 Å². The van der Waals surface area contributed by atoms with Crippen LogP contribution in [0.3, 0.4) is 0 Å². The van der Waals surface area contributed by atoms with Gasteiger partial charge in [0.2, 0.25) is 0 Å². The summed E-state index contributed by atoms with van der Waals surface area (Å²) in [4.78, 5) is 32.3. The summed E-state index contributed by atoms with van der Waals surface area (Å²) in [6.45, 7) is 3.82. The van der Waals surface area contributed by atoms with Crippen LogP contribution >= 0.6 is 0 Å². The lowest BCUT2D eigenvalue weighted by Crippen LogP contribution is -2.41. The zero-order valence-corrected chi connectivity index (χ0v) is 14.6. The first-order valence-corrected chi connectivity index (χ1v) is 8.38.